The molecule has 9 nitrogen and oxygen atoms in total. The summed E-state index contributed by atoms with van der Waals surface area (Å²) in [4.78, 5) is 18.9. The summed E-state index contributed by atoms with van der Waals surface area (Å²) in [6.45, 7) is 11.0. The van der Waals surface area contributed by atoms with Crippen LogP contribution in [0.3, 0.4) is 0 Å². The van der Waals surface area contributed by atoms with Crippen molar-refractivity contribution in [3.8, 4) is 0 Å². The fourth-order valence-corrected chi connectivity index (χ4v) is 3.59. The van der Waals surface area contributed by atoms with Crippen molar-refractivity contribution in [2.24, 2.45) is 0 Å². The minimum absolute atomic E-state index is 0.126. The average molecular weight is 383 g/mol. The highest BCUT2D eigenvalue weighted by Crippen LogP contribution is 2.39. The standard InChI is InChI=1S/C19H25N7O2/c1-9(2)14-16(20-6-13-7-21-23-11(13)4)17-15(12(5)24-25-17)22-18(14)26-8-10(3)28-19(26)27/h7,9-10H,6,8H2,1-5H3,(H,20,22)(H,21,23)(H,24,25). The van der Waals surface area contributed by atoms with E-state index in [9.17, 15) is 4.79 Å². The Labute approximate surface area is 162 Å². The molecule has 1 saturated heterocycles. The van der Waals surface area contributed by atoms with Gasteiger partial charge in [0.15, 0.2) is 0 Å². The second-order valence-electron chi connectivity index (χ2n) is 7.60. The number of aryl methyl sites for hydroxylation is 2. The molecule has 4 heterocycles. The molecule has 0 spiro atoms. The van der Waals surface area contributed by atoms with E-state index in [1.807, 2.05) is 27.0 Å². The molecule has 1 fully saturated rings. The highest BCUT2D eigenvalue weighted by Gasteiger charge is 2.34. The molecule has 0 radical (unpaired) electrons. The van der Waals surface area contributed by atoms with Crippen molar-refractivity contribution in [3.63, 3.8) is 0 Å². The van der Waals surface area contributed by atoms with Crippen LogP contribution in [0.2, 0.25) is 0 Å². The Balaban J connectivity index is 1.87. The van der Waals surface area contributed by atoms with Crippen LogP contribution < -0.4 is 10.2 Å². The van der Waals surface area contributed by atoms with E-state index in [0.717, 1.165) is 39.2 Å². The second kappa shape index (κ2) is 6.81. The Kier molecular flexibility index (Phi) is 4.44. The Morgan fingerprint density at radius 2 is 2.07 bits per heavy atom. The van der Waals surface area contributed by atoms with E-state index in [1.165, 1.54) is 0 Å². The van der Waals surface area contributed by atoms with Crippen molar-refractivity contribution in [1.29, 1.82) is 0 Å². The van der Waals surface area contributed by atoms with Gasteiger partial charge in [-0.15, -0.1) is 0 Å². The van der Waals surface area contributed by atoms with Gasteiger partial charge in [-0.25, -0.2) is 9.78 Å². The summed E-state index contributed by atoms with van der Waals surface area (Å²) >= 11 is 0. The number of carbonyl (C=O) groups excluding carboxylic acids is 1. The molecule has 0 aliphatic carbocycles. The first-order valence-corrected chi connectivity index (χ1v) is 9.46. The number of H-pyrrole nitrogens is 2. The van der Waals surface area contributed by atoms with Gasteiger partial charge in [0.05, 0.1) is 24.1 Å². The lowest BCUT2D eigenvalue weighted by Crippen LogP contribution is -2.27. The van der Waals surface area contributed by atoms with Gasteiger partial charge in [-0.2, -0.15) is 10.2 Å². The minimum atomic E-state index is -0.362. The van der Waals surface area contributed by atoms with Crippen LogP contribution in [0.4, 0.5) is 16.3 Å². The quantitative estimate of drug-likeness (QED) is 0.623. The third-order valence-corrected chi connectivity index (χ3v) is 5.06. The van der Waals surface area contributed by atoms with E-state index in [0.29, 0.717) is 18.9 Å². The molecule has 0 saturated carbocycles. The molecular formula is C19H25N7O2. The number of hydrogen-bond donors (Lipinski definition) is 3. The number of aromatic amines is 2. The maximum atomic E-state index is 12.4. The Hall–Kier alpha value is -3.10. The molecule has 1 aliphatic heterocycles. The van der Waals surface area contributed by atoms with Crippen LogP contribution in [0.1, 0.15) is 49.2 Å². The number of cyclic esters (lactones) is 1. The summed E-state index contributed by atoms with van der Waals surface area (Å²) in [5.41, 5.74) is 6.29. The molecule has 4 rings (SSSR count). The number of fused-ring (bicyclic) bond motifs is 1. The fraction of sp³-hybridized carbons (Fsp3) is 0.474. The van der Waals surface area contributed by atoms with Gasteiger partial charge in [-0.1, -0.05) is 13.8 Å². The zero-order chi connectivity index (χ0) is 20.0. The van der Waals surface area contributed by atoms with Crippen molar-refractivity contribution in [1.82, 2.24) is 25.4 Å². The first-order chi connectivity index (χ1) is 13.4. The summed E-state index contributed by atoms with van der Waals surface area (Å²) in [5, 5.41) is 18.1. The lowest BCUT2D eigenvalue weighted by molar-refractivity contribution is 0.150. The Morgan fingerprint density at radius 3 is 2.68 bits per heavy atom. The van der Waals surface area contributed by atoms with E-state index >= 15 is 0 Å². The van der Waals surface area contributed by atoms with Crippen LogP contribution in [-0.4, -0.2) is 44.1 Å². The number of hydrogen-bond acceptors (Lipinski definition) is 6. The van der Waals surface area contributed by atoms with Gasteiger partial charge in [-0.05, 0) is 26.7 Å². The molecular weight excluding hydrogens is 358 g/mol. The number of carbonyl (C=O) groups is 1. The smallest absolute Gasteiger partial charge is 0.415 e. The summed E-state index contributed by atoms with van der Waals surface area (Å²) < 4.78 is 5.35. The van der Waals surface area contributed by atoms with Crippen LogP contribution in [0.5, 0.6) is 0 Å². The largest absolute Gasteiger partial charge is 0.444 e. The van der Waals surface area contributed by atoms with Gasteiger partial charge in [0.2, 0.25) is 0 Å². The van der Waals surface area contributed by atoms with E-state index in [4.69, 9.17) is 9.72 Å². The number of rotatable bonds is 5. The van der Waals surface area contributed by atoms with Gasteiger partial charge in [0.25, 0.3) is 0 Å². The van der Waals surface area contributed by atoms with Crippen LogP contribution in [0.25, 0.3) is 11.0 Å². The molecule has 148 valence electrons. The molecule has 3 aromatic heterocycles. The SMILES string of the molecule is Cc1[nH]ncc1CNc1c(C(C)C)c(N2CC(C)OC2=O)nc2c(C)[nH]nc12. The van der Waals surface area contributed by atoms with Gasteiger partial charge < -0.3 is 10.1 Å². The average Bonchev–Trinajstić information content (AvgIpc) is 3.31. The predicted octanol–water partition coefficient (Wildman–Crippen LogP) is 3.38. The zero-order valence-electron chi connectivity index (χ0n) is 16.8. The zero-order valence-corrected chi connectivity index (χ0v) is 16.8. The van der Waals surface area contributed by atoms with Gasteiger partial charge >= 0.3 is 6.09 Å². The van der Waals surface area contributed by atoms with E-state index in [-0.39, 0.29) is 18.1 Å². The molecule has 0 aromatic carbocycles. The van der Waals surface area contributed by atoms with Crippen molar-refractivity contribution in [2.75, 3.05) is 16.8 Å². The molecule has 1 aliphatic rings. The second-order valence-corrected chi connectivity index (χ2v) is 7.60. The monoisotopic (exact) mass is 383 g/mol. The molecule has 28 heavy (non-hydrogen) atoms. The maximum Gasteiger partial charge on any atom is 0.415 e. The predicted molar refractivity (Wildman–Crippen MR) is 107 cm³/mol. The first-order valence-electron chi connectivity index (χ1n) is 9.46. The van der Waals surface area contributed by atoms with Crippen LogP contribution in [0, 0.1) is 13.8 Å². The van der Waals surface area contributed by atoms with Crippen molar-refractivity contribution >= 4 is 28.6 Å². The van der Waals surface area contributed by atoms with Gasteiger partial charge in [-0.3, -0.25) is 15.1 Å². The third-order valence-electron chi connectivity index (χ3n) is 5.06. The van der Waals surface area contributed by atoms with E-state index in [1.54, 1.807) is 4.90 Å². The molecule has 3 aromatic rings. The highest BCUT2D eigenvalue weighted by molar-refractivity contribution is 5.98. The summed E-state index contributed by atoms with van der Waals surface area (Å²) in [7, 11) is 0. The lowest BCUT2D eigenvalue weighted by atomic mass is 9.99. The number of amides is 1. The summed E-state index contributed by atoms with van der Waals surface area (Å²) in [6.07, 6.45) is 1.28. The number of aromatic nitrogens is 5. The van der Waals surface area contributed by atoms with Gasteiger partial charge in [0.1, 0.15) is 23.0 Å². The van der Waals surface area contributed by atoms with Gasteiger partial charge in [0, 0.05) is 23.4 Å². The van der Waals surface area contributed by atoms with Crippen LogP contribution in [-0.2, 0) is 11.3 Å². The number of nitrogens with one attached hydrogen (secondary N) is 3. The van der Waals surface area contributed by atoms with E-state index < -0.39 is 0 Å². The number of ether oxygens (including phenoxy) is 1. The molecule has 1 unspecified atom stereocenters. The first kappa shape index (κ1) is 18.3. The van der Waals surface area contributed by atoms with Crippen LogP contribution in [0.15, 0.2) is 6.20 Å². The molecule has 1 atom stereocenters. The number of anilines is 2. The lowest BCUT2D eigenvalue weighted by Gasteiger charge is -2.23. The minimum Gasteiger partial charge on any atom is -0.444 e. The summed E-state index contributed by atoms with van der Waals surface area (Å²) in [6, 6.07) is 0. The Morgan fingerprint density at radius 1 is 1.29 bits per heavy atom. The fourth-order valence-electron chi connectivity index (χ4n) is 3.59. The molecule has 1 amide bonds. The third kappa shape index (κ3) is 2.96. The topological polar surface area (TPSA) is 112 Å². The molecule has 0 bridgehead atoms. The van der Waals surface area contributed by atoms with Crippen molar-refractivity contribution in [3.05, 3.63) is 28.7 Å². The van der Waals surface area contributed by atoms with Crippen molar-refractivity contribution < 1.29 is 9.53 Å². The van der Waals surface area contributed by atoms with Crippen molar-refractivity contribution in [2.45, 2.75) is 53.2 Å². The molecule has 9 heteroatoms. The maximum absolute atomic E-state index is 12.4. The summed E-state index contributed by atoms with van der Waals surface area (Å²) in [5.74, 6) is 0.758. The number of pyridine rings is 1. The molecule has 3 N–H and O–H groups in total. The van der Waals surface area contributed by atoms with E-state index in [2.05, 4.69) is 39.6 Å². The normalized spacial score (nSPS) is 17.0. The number of nitrogens with zero attached hydrogens (tertiary/aromatic N) is 4. The Bertz CT molecular complexity index is 1040. The van der Waals surface area contributed by atoms with Crippen LogP contribution >= 0.6 is 0 Å². The highest BCUT2D eigenvalue weighted by atomic mass is 16.6.